The second-order valence-corrected chi connectivity index (χ2v) is 3.74. The Balaban J connectivity index is 2.25. The van der Waals surface area contributed by atoms with Crippen molar-refractivity contribution in [3.63, 3.8) is 0 Å². The van der Waals surface area contributed by atoms with Crippen molar-refractivity contribution in [3.8, 4) is 0 Å². The monoisotopic (exact) mass is 228 g/mol. The van der Waals surface area contributed by atoms with Gasteiger partial charge in [-0.3, -0.25) is 0 Å². The largest absolute Gasteiger partial charge is 0.354 e. The molecule has 0 radical (unpaired) electrons. The Kier molecular flexibility index (Phi) is 3.28. The summed E-state index contributed by atoms with van der Waals surface area (Å²) in [5.74, 6) is 0.996. The molecule has 16 heavy (non-hydrogen) atoms. The molecule has 0 unspecified atom stereocenters. The Labute approximate surface area is 92.7 Å². The number of nitrogens with one attached hydrogen (secondary N) is 1. The van der Waals surface area contributed by atoms with E-state index in [0.29, 0.717) is 11.6 Å². The SMILES string of the molecule is Cc1nc(C(F)F)cc(N2CCNCC2)n1. The van der Waals surface area contributed by atoms with Crippen molar-refractivity contribution in [2.45, 2.75) is 13.3 Å². The van der Waals surface area contributed by atoms with E-state index >= 15 is 0 Å². The fraction of sp³-hybridized carbons (Fsp3) is 0.600. The first-order valence-corrected chi connectivity index (χ1v) is 5.26. The molecule has 4 nitrogen and oxygen atoms in total. The zero-order valence-electron chi connectivity index (χ0n) is 9.08. The molecule has 1 aliphatic rings. The highest BCUT2D eigenvalue weighted by Crippen LogP contribution is 2.21. The van der Waals surface area contributed by atoms with Crippen LogP contribution in [0, 0.1) is 6.92 Å². The summed E-state index contributed by atoms with van der Waals surface area (Å²) >= 11 is 0. The van der Waals surface area contributed by atoms with E-state index in [0.717, 1.165) is 26.2 Å². The van der Waals surface area contributed by atoms with E-state index in [-0.39, 0.29) is 5.69 Å². The Bertz CT molecular complexity index is 364. The number of hydrogen-bond acceptors (Lipinski definition) is 4. The molecule has 88 valence electrons. The zero-order chi connectivity index (χ0) is 11.5. The molecule has 1 aliphatic heterocycles. The molecule has 1 aromatic heterocycles. The topological polar surface area (TPSA) is 41.1 Å². The molecule has 0 aromatic carbocycles. The molecule has 2 heterocycles. The predicted octanol–water partition coefficient (Wildman–Crippen LogP) is 1.13. The first kappa shape index (κ1) is 11.2. The van der Waals surface area contributed by atoms with Crippen LogP contribution in [0.4, 0.5) is 14.6 Å². The summed E-state index contributed by atoms with van der Waals surface area (Å²) in [6.07, 6.45) is -2.54. The lowest BCUT2D eigenvalue weighted by Gasteiger charge is -2.28. The first-order chi connectivity index (χ1) is 7.66. The summed E-state index contributed by atoms with van der Waals surface area (Å²) in [5, 5.41) is 3.20. The van der Waals surface area contributed by atoms with Gasteiger partial charge in [0.1, 0.15) is 17.3 Å². The van der Waals surface area contributed by atoms with Crippen LogP contribution in [-0.4, -0.2) is 36.1 Å². The molecule has 1 saturated heterocycles. The van der Waals surface area contributed by atoms with Gasteiger partial charge in [0.15, 0.2) is 0 Å². The number of halogens is 2. The third-order valence-electron chi connectivity index (χ3n) is 2.51. The molecule has 0 amide bonds. The number of alkyl halides is 2. The van der Waals surface area contributed by atoms with Gasteiger partial charge in [-0.25, -0.2) is 18.7 Å². The Morgan fingerprint density at radius 3 is 2.62 bits per heavy atom. The minimum absolute atomic E-state index is 0.193. The van der Waals surface area contributed by atoms with Crippen molar-refractivity contribution >= 4 is 5.82 Å². The molecule has 1 N–H and O–H groups in total. The molecule has 0 aliphatic carbocycles. The summed E-state index contributed by atoms with van der Waals surface area (Å²) in [6.45, 7) is 4.93. The number of hydrogen-bond donors (Lipinski definition) is 1. The zero-order valence-corrected chi connectivity index (χ0v) is 9.08. The number of anilines is 1. The third-order valence-corrected chi connectivity index (χ3v) is 2.51. The van der Waals surface area contributed by atoms with Crippen molar-refractivity contribution in [1.29, 1.82) is 0 Å². The molecule has 2 rings (SSSR count). The highest BCUT2D eigenvalue weighted by molar-refractivity contribution is 5.40. The smallest absolute Gasteiger partial charge is 0.280 e. The molecule has 0 spiro atoms. The Hall–Kier alpha value is -1.30. The number of nitrogens with zero attached hydrogens (tertiary/aromatic N) is 3. The van der Waals surface area contributed by atoms with Crippen LogP contribution in [0.3, 0.4) is 0 Å². The molecule has 0 atom stereocenters. The lowest BCUT2D eigenvalue weighted by Crippen LogP contribution is -2.44. The van der Waals surface area contributed by atoms with Crippen molar-refractivity contribution in [1.82, 2.24) is 15.3 Å². The first-order valence-electron chi connectivity index (χ1n) is 5.26. The fourth-order valence-corrected chi connectivity index (χ4v) is 1.74. The molecular weight excluding hydrogens is 214 g/mol. The number of rotatable bonds is 2. The number of piperazine rings is 1. The van der Waals surface area contributed by atoms with Crippen molar-refractivity contribution in [2.75, 3.05) is 31.1 Å². The third kappa shape index (κ3) is 2.44. The van der Waals surface area contributed by atoms with E-state index in [2.05, 4.69) is 15.3 Å². The molecule has 6 heteroatoms. The number of aryl methyl sites for hydroxylation is 1. The van der Waals surface area contributed by atoms with Crippen LogP contribution < -0.4 is 10.2 Å². The van der Waals surface area contributed by atoms with E-state index in [1.165, 1.54) is 6.07 Å². The van der Waals surface area contributed by atoms with Gasteiger partial charge in [-0.15, -0.1) is 0 Å². The van der Waals surface area contributed by atoms with Crippen LogP contribution in [-0.2, 0) is 0 Å². The highest BCUT2D eigenvalue weighted by atomic mass is 19.3. The van der Waals surface area contributed by atoms with E-state index in [9.17, 15) is 8.78 Å². The van der Waals surface area contributed by atoms with Crippen LogP contribution in [0.5, 0.6) is 0 Å². The second-order valence-electron chi connectivity index (χ2n) is 3.74. The van der Waals surface area contributed by atoms with Crippen molar-refractivity contribution in [3.05, 3.63) is 17.6 Å². The van der Waals surface area contributed by atoms with Gasteiger partial charge in [-0.2, -0.15) is 0 Å². The summed E-state index contributed by atoms with van der Waals surface area (Å²) in [5.41, 5.74) is -0.193. The van der Waals surface area contributed by atoms with Crippen LogP contribution in [0.25, 0.3) is 0 Å². The molecule has 0 saturated carbocycles. The highest BCUT2D eigenvalue weighted by Gasteiger charge is 2.16. The summed E-state index contributed by atoms with van der Waals surface area (Å²) < 4.78 is 25.1. The average Bonchev–Trinajstić information content (AvgIpc) is 2.29. The van der Waals surface area contributed by atoms with Crippen LogP contribution >= 0.6 is 0 Å². The van der Waals surface area contributed by atoms with Gasteiger partial charge in [0.2, 0.25) is 0 Å². The Morgan fingerprint density at radius 2 is 2.00 bits per heavy atom. The van der Waals surface area contributed by atoms with E-state index < -0.39 is 6.43 Å². The standard InChI is InChI=1S/C10H14F2N4/c1-7-14-8(10(11)12)6-9(15-7)16-4-2-13-3-5-16/h6,10,13H,2-5H2,1H3. The van der Waals surface area contributed by atoms with Gasteiger partial charge in [-0.1, -0.05) is 0 Å². The van der Waals surface area contributed by atoms with Gasteiger partial charge in [0.25, 0.3) is 6.43 Å². The van der Waals surface area contributed by atoms with Crippen LogP contribution in [0.1, 0.15) is 17.9 Å². The minimum Gasteiger partial charge on any atom is -0.354 e. The molecule has 0 bridgehead atoms. The maximum absolute atomic E-state index is 12.6. The summed E-state index contributed by atoms with van der Waals surface area (Å²) in [7, 11) is 0. The summed E-state index contributed by atoms with van der Waals surface area (Å²) in [4.78, 5) is 9.92. The lowest BCUT2D eigenvalue weighted by atomic mass is 10.3. The maximum Gasteiger partial charge on any atom is 0.280 e. The molecule has 1 aromatic rings. The van der Waals surface area contributed by atoms with Gasteiger partial charge < -0.3 is 10.2 Å². The van der Waals surface area contributed by atoms with Gasteiger partial charge >= 0.3 is 0 Å². The van der Waals surface area contributed by atoms with E-state index in [4.69, 9.17) is 0 Å². The lowest BCUT2D eigenvalue weighted by molar-refractivity contribution is 0.145. The molecular formula is C10H14F2N4. The van der Waals surface area contributed by atoms with E-state index in [1.54, 1.807) is 6.92 Å². The van der Waals surface area contributed by atoms with Crippen LogP contribution in [0.2, 0.25) is 0 Å². The normalized spacial score (nSPS) is 16.9. The quantitative estimate of drug-likeness (QED) is 0.824. The second kappa shape index (κ2) is 4.69. The summed E-state index contributed by atoms with van der Waals surface area (Å²) in [6, 6.07) is 1.38. The fourth-order valence-electron chi connectivity index (χ4n) is 1.74. The van der Waals surface area contributed by atoms with Gasteiger partial charge in [-0.05, 0) is 6.92 Å². The minimum atomic E-state index is -2.54. The Morgan fingerprint density at radius 1 is 1.31 bits per heavy atom. The van der Waals surface area contributed by atoms with Crippen molar-refractivity contribution < 1.29 is 8.78 Å². The van der Waals surface area contributed by atoms with Crippen LogP contribution in [0.15, 0.2) is 6.07 Å². The van der Waals surface area contributed by atoms with Gasteiger partial charge in [0.05, 0.1) is 0 Å². The number of aromatic nitrogens is 2. The van der Waals surface area contributed by atoms with E-state index in [1.807, 2.05) is 4.90 Å². The predicted molar refractivity (Wildman–Crippen MR) is 56.8 cm³/mol. The van der Waals surface area contributed by atoms with Gasteiger partial charge in [0, 0.05) is 32.2 Å². The molecule has 1 fully saturated rings. The average molecular weight is 228 g/mol. The maximum atomic E-state index is 12.6. The van der Waals surface area contributed by atoms with Crippen molar-refractivity contribution in [2.24, 2.45) is 0 Å².